The summed E-state index contributed by atoms with van der Waals surface area (Å²) in [7, 11) is 0. The number of carboxylic acids is 1. The maximum Gasteiger partial charge on any atom is 0.416 e. The Morgan fingerprint density at radius 1 is 1.25 bits per heavy atom. The monoisotopic (exact) mass is 405 g/mol. The SMILES string of the molecule is O=C(O)C1(Sc2ccnc3c2CC(c2cccc(C(F)(F)F)c2)C=C3)CCC1. The Labute approximate surface area is 164 Å². The number of aromatic nitrogens is 1. The number of hydrogen-bond acceptors (Lipinski definition) is 3. The molecule has 1 N–H and O–H groups in total. The number of carboxylic acid groups (broad SMARTS) is 1. The Balaban J connectivity index is 1.65. The third-order valence-electron chi connectivity index (χ3n) is 5.46. The van der Waals surface area contributed by atoms with Crippen LogP contribution in [-0.4, -0.2) is 20.8 Å². The van der Waals surface area contributed by atoms with E-state index in [1.165, 1.54) is 23.9 Å². The number of nitrogens with zero attached hydrogens (tertiary/aromatic N) is 1. The average molecular weight is 405 g/mol. The van der Waals surface area contributed by atoms with Crippen molar-refractivity contribution in [1.29, 1.82) is 0 Å². The lowest BCUT2D eigenvalue weighted by Crippen LogP contribution is -2.41. The summed E-state index contributed by atoms with van der Waals surface area (Å²) in [6.45, 7) is 0. The Kier molecular flexibility index (Phi) is 4.73. The fourth-order valence-corrected chi connectivity index (χ4v) is 5.11. The summed E-state index contributed by atoms with van der Waals surface area (Å²) < 4.78 is 38.4. The van der Waals surface area contributed by atoms with Crippen LogP contribution in [0.3, 0.4) is 0 Å². The maximum absolute atomic E-state index is 13.1. The molecular formula is C21H18F3NO2S. The number of carbonyl (C=O) groups is 1. The van der Waals surface area contributed by atoms with E-state index in [-0.39, 0.29) is 5.92 Å². The highest BCUT2D eigenvalue weighted by molar-refractivity contribution is 8.01. The van der Waals surface area contributed by atoms with E-state index in [0.717, 1.165) is 28.6 Å². The second kappa shape index (κ2) is 6.95. The van der Waals surface area contributed by atoms with Gasteiger partial charge in [0, 0.05) is 17.0 Å². The van der Waals surface area contributed by atoms with Crippen molar-refractivity contribution in [2.24, 2.45) is 0 Å². The van der Waals surface area contributed by atoms with Gasteiger partial charge in [-0.3, -0.25) is 9.78 Å². The predicted octanol–water partition coefficient (Wildman–Crippen LogP) is 5.55. The molecule has 1 saturated carbocycles. The number of rotatable bonds is 4. The van der Waals surface area contributed by atoms with Crippen LogP contribution in [0.1, 0.15) is 47.6 Å². The number of pyridine rings is 1. The molecule has 4 rings (SSSR count). The Morgan fingerprint density at radius 2 is 2.04 bits per heavy atom. The molecule has 2 aliphatic carbocycles. The van der Waals surface area contributed by atoms with Crippen molar-refractivity contribution >= 4 is 23.8 Å². The molecule has 28 heavy (non-hydrogen) atoms. The number of fused-ring (bicyclic) bond motifs is 1. The summed E-state index contributed by atoms with van der Waals surface area (Å²) in [5.41, 5.74) is 1.59. The van der Waals surface area contributed by atoms with E-state index < -0.39 is 22.5 Å². The van der Waals surface area contributed by atoms with Gasteiger partial charge in [0.05, 0.1) is 11.3 Å². The summed E-state index contributed by atoms with van der Waals surface area (Å²) in [5.74, 6) is -1.02. The van der Waals surface area contributed by atoms with Crippen molar-refractivity contribution in [1.82, 2.24) is 4.98 Å². The average Bonchev–Trinajstić information content (AvgIpc) is 2.63. The summed E-state index contributed by atoms with van der Waals surface area (Å²) >= 11 is 1.35. The molecule has 2 aromatic rings. The van der Waals surface area contributed by atoms with E-state index >= 15 is 0 Å². The van der Waals surface area contributed by atoms with Gasteiger partial charge in [0.2, 0.25) is 0 Å². The first-order chi connectivity index (χ1) is 13.3. The van der Waals surface area contributed by atoms with Gasteiger partial charge in [-0.2, -0.15) is 13.2 Å². The molecular weight excluding hydrogens is 387 g/mol. The van der Waals surface area contributed by atoms with Gasteiger partial charge in [-0.25, -0.2) is 0 Å². The number of benzene rings is 1. The second-order valence-corrected chi connectivity index (χ2v) is 8.65. The van der Waals surface area contributed by atoms with Crippen LogP contribution in [0, 0.1) is 0 Å². The highest BCUT2D eigenvalue weighted by Crippen LogP contribution is 2.49. The van der Waals surface area contributed by atoms with Gasteiger partial charge >= 0.3 is 12.1 Å². The van der Waals surface area contributed by atoms with Crippen LogP contribution in [0.25, 0.3) is 6.08 Å². The lowest BCUT2D eigenvalue weighted by atomic mass is 9.84. The molecule has 0 amide bonds. The number of allylic oxidation sites excluding steroid dienone is 1. The number of thioether (sulfide) groups is 1. The zero-order chi connectivity index (χ0) is 19.9. The minimum atomic E-state index is -4.38. The molecule has 1 unspecified atom stereocenters. The van der Waals surface area contributed by atoms with E-state index in [0.29, 0.717) is 24.8 Å². The van der Waals surface area contributed by atoms with Gasteiger partial charge in [0.15, 0.2) is 0 Å². The fraction of sp³-hybridized carbons (Fsp3) is 0.333. The van der Waals surface area contributed by atoms with Crippen LogP contribution in [0.15, 0.2) is 47.5 Å². The van der Waals surface area contributed by atoms with Crippen molar-refractivity contribution < 1.29 is 23.1 Å². The number of aliphatic carboxylic acids is 1. The highest BCUT2D eigenvalue weighted by atomic mass is 32.2. The molecule has 1 aromatic carbocycles. The molecule has 0 aliphatic heterocycles. The Bertz CT molecular complexity index is 951. The second-order valence-electron chi connectivity index (χ2n) is 7.22. The zero-order valence-electron chi connectivity index (χ0n) is 14.9. The minimum absolute atomic E-state index is 0.208. The lowest BCUT2D eigenvalue weighted by molar-refractivity contribution is -0.142. The molecule has 1 fully saturated rings. The molecule has 146 valence electrons. The summed E-state index contributed by atoms with van der Waals surface area (Å²) in [6, 6.07) is 7.19. The first-order valence-corrected chi connectivity index (χ1v) is 9.86. The Morgan fingerprint density at radius 3 is 2.68 bits per heavy atom. The van der Waals surface area contributed by atoms with Crippen molar-refractivity contribution in [3.63, 3.8) is 0 Å². The topological polar surface area (TPSA) is 50.2 Å². The summed E-state index contributed by atoms with van der Waals surface area (Å²) in [5, 5.41) is 9.63. The minimum Gasteiger partial charge on any atom is -0.480 e. The van der Waals surface area contributed by atoms with Crippen molar-refractivity contribution in [2.45, 2.75) is 47.4 Å². The largest absolute Gasteiger partial charge is 0.480 e. The molecule has 0 saturated heterocycles. The van der Waals surface area contributed by atoms with Gasteiger partial charge in [-0.05, 0) is 55.0 Å². The molecule has 7 heteroatoms. The molecule has 2 aliphatic rings. The van der Waals surface area contributed by atoms with Gasteiger partial charge in [0.1, 0.15) is 4.75 Å². The van der Waals surface area contributed by atoms with Crippen LogP contribution in [0.4, 0.5) is 13.2 Å². The van der Waals surface area contributed by atoms with Crippen LogP contribution >= 0.6 is 11.8 Å². The van der Waals surface area contributed by atoms with Crippen molar-refractivity contribution in [3.8, 4) is 0 Å². The lowest BCUT2D eigenvalue weighted by Gasteiger charge is -2.37. The van der Waals surface area contributed by atoms with Crippen molar-refractivity contribution in [2.75, 3.05) is 0 Å². The molecule has 0 bridgehead atoms. The molecule has 3 nitrogen and oxygen atoms in total. The van der Waals surface area contributed by atoms with Crippen LogP contribution < -0.4 is 0 Å². The highest BCUT2D eigenvalue weighted by Gasteiger charge is 2.46. The molecule has 0 radical (unpaired) electrons. The molecule has 1 heterocycles. The third kappa shape index (κ3) is 3.43. The first-order valence-electron chi connectivity index (χ1n) is 9.04. The van der Waals surface area contributed by atoms with Crippen LogP contribution in [-0.2, 0) is 17.4 Å². The van der Waals surface area contributed by atoms with E-state index in [4.69, 9.17) is 0 Å². The fourth-order valence-electron chi connectivity index (χ4n) is 3.67. The predicted molar refractivity (Wildman–Crippen MR) is 101 cm³/mol. The Hall–Kier alpha value is -2.28. The maximum atomic E-state index is 13.1. The first kappa shape index (κ1) is 19.1. The molecule has 1 atom stereocenters. The third-order valence-corrected chi connectivity index (χ3v) is 7.03. The number of halogens is 3. The van der Waals surface area contributed by atoms with Gasteiger partial charge < -0.3 is 5.11 Å². The van der Waals surface area contributed by atoms with Gasteiger partial charge in [-0.1, -0.05) is 24.3 Å². The summed E-state index contributed by atoms with van der Waals surface area (Å²) in [6.07, 6.45) is 3.60. The van der Waals surface area contributed by atoms with Crippen LogP contribution in [0.5, 0.6) is 0 Å². The molecule has 1 aromatic heterocycles. The number of alkyl halides is 3. The van der Waals surface area contributed by atoms with Crippen LogP contribution in [0.2, 0.25) is 0 Å². The normalized spacial score (nSPS) is 20.3. The standard InChI is InChI=1S/C21H18F3NO2S/c22-21(23,24)15-4-1-3-13(11-15)14-5-6-17-16(12-14)18(7-10-25-17)28-20(19(26)27)8-2-9-20/h1,3-7,10-11,14H,2,8-9,12H2,(H,26,27). The zero-order valence-corrected chi connectivity index (χ0v) is 15.7. The van der Waals surface area contributed by atoms with Crippen molar-refractivity contribution in [3.05, 3.63) is 65.0 Å². The summed E-state index contributed by atoms with van der Waals surface area (Å²) in [4.78, 5) is 16.9. The quantitative estimate of drug-likeness (QED) is 0.724. The van der Waals surface area contributed by atoms with E-state index in [9.17, 15) is 23.1 Å². The van der Waals surface area contributed by atoms with E-state index in [1.807, 2.05) is 18.2 Å². The number of hydrogen-bond donors (Lipinski definition) is 1. The van der Waals surface area contributed by atoms with E-state index in [1.54, 1.807) is 12.3 Å². The van der Waals surface area contributed by atoms with E-state index in [2.05, 4.69) is 4.98 Å². The smallest absolute Gasteiger partial charge is 0.416 e. The van der Waals surface area contributed by atoms with Gasteiger partial charge in [0.25, 0.3) is 0 Å². The molecule has 0 spiro atoms. The van der Waals surface area contributed by atoms with Gasteiger partial charge in [-0.15, -0.1) is 11.8 Å².